The largest absolute Gasteiger partial charge is 0.481 e. The van der Waals surface area contributed by atoms with Crippen molar-refractivity contribution in [2.75, 3.05) is 5.75 Å². The molecule has 0 fully saturated rings. The molecule has 0 bridgehead atoms. The summed E-state index contributed by atoms with van der Waals surface area (Å²) in [6, 6.07) is 3.91. The molecule has 0 saturated heterocycles. The molecular weight excluding hydrogens is 302 g/mol. The summed E-state index contributed by atoms with van der Waals surface area (Å²) in [6.07, 6.45) is 3.33. The van der Waals surface area contributed by atoms with Crippen molar-refractivity contribution < 1.29 is 9.90 Å². The summed E-state index contributed by atoms with van der Waals surface area (Å²) >= 11 is 4.99. The van der Waals surface area contributed by atoms with E-state index in [9.17, 15) is 4.79 Å². The van der Waals surface area contributed by atoms with Crippen LogP contribution < -0.4 is 0 Å². The zero-order valence-electron chi connectivity index (χ0n) is 9.94. The molecule has 0 aromatic carbocycles. The van der Waals surface area contributed by atoms with Crippen LogP contribution in [-0.2, 0) is 4.79 Å². The molecule has 0 spiro atoms. The Labute approximate surface area is 114 Å². The first-order valence-corrected chi connectivity index (χ1v) is 7.17. The third kappa shape index (κ3) is 5.08. The van der Waals surface area contributed by atoms with E-state index in [0.717, 1.165) is 21.7 Å². The summed E-state index contributed by atoms with van der Waals surface area (Å²) in [5.41, 5.74) is -0.631. The van der Waals surface area contributed by atoms with Gasteiger partial charge in [-0.25, -0.2) is 4.98 Å². The van der Waals surface area contributed by atoms with E-state index >= 15 is 0 Å². The second-order valence-corrected chi connectivity index (χ2v) is 6.49. The number of pyridine rings is 1. The molecule has 0 atom stereocenters. The molecule has 0 aliphatic carbocycles. The summed E-state index contributed by atoms with van der Waals surface area (Å²) in [6.45, 7) is 3.52. The van der Waals surface area contributed by atoms with Crippen molar-refractivity contribution in [1.29, 1.82) is 0 Å². The Balaban J connectivity index is 2.29. The van der Waals surface area contributed by atoms with Crippen LogP contribution in [0.4, 0.5) is 0 Å². The van der Waals surface area contributed by atoms with Crippen LogP contribution in [0.5, 0.6) is 0 Å². The zero-order valence-corrected chi connectivity index (χ0v) is 12.3. The zero-order chi connectivity index (χ0) is 12.9. The van der Waals surface area contributed by atoms with E-state index in [1.165, 1.54) is 0 Å². The van der Waals surface area contributed by atoms with Gasteiger partial charge in [0.15, 0.2) is 0 Å². The maximum atomic E-state index is 10.9. The highest BCUT2D eigenvalue weighted by Crippen LogP contribution is 2.25. The van der Waals surface area contributed by atoms with E-state index in [1.807, 2.05) is 12.1 Å². The van der Waals surface area contributed by atoms with Crippen LogP contribution in [0, 0.1) is 5.41 Å². The number of carbonyl (C=O) groups is 1. The average Bonchev–Trinajstić information content (AvgIpc) is 2.26. The molecule has 1 aromatic rings. The molecule has 1 aromatic heterocycles. The van der Waals surface area contributed by atoms with Crippen LogP contribution in [0.15, 0.2) is 27.8 Å². The maximum absolute atomic E-state index is 10.9. The number of thioether (sulfide) groups is 1. The highest BCUT2D eigenvalue weighted by atomic mass is 79.9. The molecule has 0 aliphatic rings. The van der Waals surface area contributed by atoms with Gasteiger partial charge in [0.1, 0.15) is 0 Å². The monoisotopic (exact) mass is 317 g/mol. The fourth-order valence-electron chi connectivity index (χ4n) is 1.25. The van der Waals surface area contributed by atoms with Gasteiger partial charge in [-0.3, -0.25) is 4.79 Å². The number of aliphatic carboxylic acids is 1. The molecule has 1 N–H and O–H groups in total. The number of carboxylic acids is 1. The second kappa shape index (κ2) is 6.40. The van der Waals surface area contributed by atoms with E-state index < -0.39 is 11.4 Å². The van der Waals surface area contributed by atoms with E-state index in [2.05, 4.69) is 20.9 Å². The quantitative estimate of drug-likeness (QED) is 0.640. The van der Waals surface area contributed by atoms with Gasteiger partial charge < -0.3 is 5.11 Å². The Morgan fingerprint density at radius 3 is 2.76 bits per heavy atom. The molecule has 1 rings (SSSR count). The molecule has 0 amide bonds. The highest BCUT2D eigenvalue weighted by Gasteiger charge is 2.25. The lowest BCUT2D eigenvalue weighted by Crippen LogP contribution is -2.23. The Morgan fingerprint density at radius 1 is 1.53 bits per heavy atom. The maximum Gasteiger partial charge on any atom is 0.309 e. The molecule has 0 saturated carbocycles. The lowest BCUT2D eigenvalue weighted by molar-refractivity contribution is -0.147. The van der Waals surface area contributed by atoms with Crippen molar-refractivity contribution in [2.45, 2.75) is 31.7 Å². The van der Waals surface area contributed by atoms with Gasteiger partial charge in [0.25, 0.3) is 0 Å². The second-order valence-electron chi connectivity index (χ2n) is 4.46. The fraction of sp³-hybridized carbons (Fsp3) is 0.500. The smallest absolute Gasteiger partial charge is 0.309 e. The number of rotatable bonds is 6. The molecule has 0 radical (unpaired) electrons. The van der Waals surface area contributed by atoms with Crippen LogP contribution >= 0.6 is 27.7 Å². The van der Waals surface area contributed by atoms with Crippen LogP contribution in [0.25, 0.3) is 0 Å². The predicted octanol–water partition coefficient (Wildman–Crippen LogP) is 3.83. The van der Waals surface area contributed by atoms with Gasteiger partial charge >= 0.3 is 5.97 Å². The third-order valence-corrected chi connectivity index (χ3v) is 3.97. The summed E-state index contributed by atoms with van der Waals surface area (Å²) in [7, 11) is 0. The number of hydrogen-bond donors (Lipinski definition) is 1. The SMILES string of the molecule is CC(C)(CCCSc1ccc(Br)cn1)C(=O)O. The van der Waals surface area contributed by atoms with Gasteiger partial charge in [-0.15, -0.1) is 11.8 Å². The minimum atomic E-state index is -0.732. The molecule has 1 heterocycles. The lowest BCUT2D eigenvalue weighted by atomic mass is 9.88. The predicted molar refractivity (Wildman–Crippen MR) is 73.3 cm³/mol. The van der Waals surface area contributed by atoms with Gasteiger partial charge in [0.2, 0.25) is 0 Å². The third-order valence-electron chi connectivity index (χ3n) is 2.48. The van der Waals surface area contributed by atoms with Crippen molar-refractivity contribution in [3.63, 3.8) is 0 Å². The fourth-order valence-corrected chi connectivity index (χ4v) is 2.27. The van der Waals surface area contributed by atoms with Gasteiger partial charge in [0.05, 0.1) is 10.4 Å². The van der Waals surface area contributed by atoms with Crippen LogP contribution in [-0.4, -0.2) is 21.8 Å². The molecule has 3 nitrogen and oxygen atoms in total. The normalized spacial score (nSPS) is 11.5. The Morgan fingerprint density at radius 2 is 2.24 bits per heavy atom. The molecule has 0 aliphatic heterocycles. The average molecular weight is 318 g/mol. The molecule has 5 heteroatoms. The molecular formula is C12H16BrNO2S. The van der Waals surface area contributed by atoms with Crippen molar-refractivity contribution in [3.8, 4) is 0 Å². The highest BCUT2D eigenvalue weighted by molar-refractivity contribution is 9.10. The molecule has 94 valence electrons. The Hall–Kier alpha value is -0.550. The first-order valence-electron chi connectivity index (χ1n) is 5.39. The van der Waals surface area contributed by atoms with Crippen molar-refractivity contribution in [1.82, 2.24) is 4.98 Å². The molecule has 17 heavy (non-hydrogen) atoms. The summed E-state index contributed by atoms with van der Waals surface area (Å²) < 4.78 is 0.967. The van der Waals surface area contributed by atoms with Crippen molar-refractivity contribution in [2.24, 2.45) is 5.41 Å². The Kier molecular flexibility index (Phi) is 5.46. The van der Waals surface area contributed by atoms with Gasteiger partial charge in [0, 0.05) is 10.7 Å². The number of hydrogen-bond acceptors (Lipinski definition) is 3. The minimum Gasteiger partial charge on any atom is -0.481 e. The van der Waals surface area contributed by atoms with Crippen molar-refractivity contribution in [3.05, 3.63) is 22.8 Å². The van der Waals surface area contributed by atoms with Crippen LogP contribution in [0.3, 0.4) is 0 Å². The summed E-state index contributed by atoms with van der Waals surface area (Å²) in [4.78, 5) is 15.1. The van der Waals surface area contributed by atoms with E-state index in [1.54, 1.807) is 31.8 Å². The van der Waals surface area contributed by atoms with Gasteiger partial charge in [-0.1, -0.05) is 0 Å². The first-order chi connectivity index (χ1) is 7.92. The molecule has 0 unspecified atom stereocenters. The number of nitrogens with zero attached hydrogens (tertiary/aromatic N) is 1. The minimum absolute atomic E-state index is 0.631. The van der Waals surface area contributed by atoms with Crippen LogP contribution in [0.2, 0.25) is 0 Å². The summed E-state index contributed by atoms with van der Waals surface area (Å²) in [5.74, 6) is 0.162. The van der Waals surface area contributed by atoms with Crippen molar-refractivity contribution >= 4 is 33.7 Å². The standard InChI is InChI=1S/C12H16BrNO2S/c1-12(2,11(15)16)6-3-7-17-10-5-4-9(13)8-14-10/h4-5,8H,3,6-7H2,1-2H3,(H,15,16). The number of aromatic nitrogens is 1. The van der Waals surface area contributed by atoms with E-state index in [-0.39, 0.29) is 0 Å². The van der Waals surface area contributed by atoms with Gasteiger partial charge in [-0.05, 0) is 60.5 Å². The lowest BCUT2D eigenvalue weighted by Gasteiger charge is -2.18. The number of carboxylic acid groups (broad SMARTS) is 1. The van der Waals surface area contributed by atoms with Gasteiger partial charge in [-0.2, -0.15) is 0 Å². The van der Waals surface area contributed by atoms with Crippen LogP contribution in [0.1, 0.15) is 26.7 Å². The topological polar surface area (TPSA) is 50.2 Å². The number of halogens is 1. The van der Waals surface area contributed by atoms with E-state index in [0.29, 0.717) is 6.42 Å². The van der Waals surface area contributed by atoms with E-state index in [4.69, 9.17) is 5.11 Å². The summed E-state index contributed by atoms with van der Waals surface area (Å²) in [5, 5.41) is 9.94. The Bertz CT molecular complexity index is 379. The first kappa shape index (κ1) is 14.5.